The van der Waals surface area contributed by atoms with Crippen molar-refractivity contribution in [3.05, 3.63) is 66.2 Å². The average molecular weight is 375 g/mol. The van der Waals surface area contributed by atoms with E-state index in [2.05, 4.69) is 23.9 Å². The predicted octanol–water partition coefficient (Wildman–Crippen LogP) is 2.74. The van der Waals surface area contributed by atoms with Crippen LogP contribution in [0.15, 0.2) is 65.6 Å². The van der Waals surface area contributed by atoms with Crippen molar-refractivity contribution in [2.45, 2.75) is 37.6 Å². The van der Waals surface area contributed by atoms with E-state index in [9.17, 15) is 13.2 Å². The molecule has 2 aromatic rings. The molecule has 0 fully saturated rings. The molecule has 1 atom stereocenters. The SMILES string of the molecule is CC(C)CCNC(=O)[C@H](Cc1ccccc1)NS(=O)(=O)c1ccccc1. The number of nitrogens with one attached hydrogen (secondary N) is 2. The van der Waals surface area contributed by atoms with Crippen molar-refractivity contribution < 1.29 is 13.2 Å². The van der Waals surface area contributed by atoms with Gasteiger partial charge >= 0.3 is 0 Å². The molecule has 0 aromatic heterocycles. The van der Waals surface area contributed by atoms with Crippen LogP contribution in [0.2, 0.25) is 0 Å². The van der Waals surface area contributed by atoms with Crippen LogP contribution in [0.25, 0.3) is 0 Å². The van der Waals surface area contributed by atoms with Crippen LogP contribution in [0.3, 0.4) is 0 Å². The maximum absolute atomic E-state index is 12.6. The Hall–Kier alpha value is -2.18. The summed E-state index contributed by atoms with van der Waals surface area (Å²) in [6.07, 6.45) is 1.13. The molecule has 0 aliphatic heterocycles. The predicted molar refractivity (Wildman–Crippen MR) is 103 cm³/mol. The normalized spacial score (nSPS) is 12.7. The van der Waals surface area contributed by atoms with Crippen LogP contribution in [-0.4, -0.2) is 26.9 Å². The van der Waals surface area contributed by atoms with Crippen molar-refractivity contribution >= 4 is 15.9 Å². The van der Waals surface area contributed by atoms with Gasteiger partial charge in [0.2, 0.25) is 15.9 Å². The third-order valence-electron chi connectivity index (χ3n) is 3.97. The third kappa shape index (κ3) is 6.28. The van der Waals surface area contributed by atoms with Gasteiger partial charge in [-0.3, -0.25) is 4.79 Å². The van der Waals surface area contributed by atoms with E-state index in [1.165, 1.54) is 12.1 Å². The maximum atomic E-state index is 12.6. The average Bonchev–Trinajstić information content (AvgIpc) is 2.62. The monoisotopic (exact) mass is 374 g/mol. The molecule has 0 bridgehead atoms. The summed E-state index contributed by atoms with van der Waals surface area (Å²) >= 11 is 0. The molecule has 2 rings (SSSR count). The number of carbonyl (C=O) groups is 1. The molecule has 0 heterocycles. The zero-order valence-electron chi connectivity index (χ0n) is 15.2. The van der Waals surface area contributed by atoms with Crippen LogP contribution in [0.5, 0.6) is 0 Å². The smallest absolute Gasteiger partial charge is 0.241 e. The Morgan fingerprint density at radius 2 is 1.54 bits per heavy atom. The van der Waals surface area contributed by atoms with Gasteiger partial charge in [0.1, 0.15) is 6.04 Å². The lowest BCUT2D eigenvalue weighted by atomic mass is 10.1. The first-order valence-electron chi connectivity index (χ1n) is 8.77. The highest BCUT2D eigenvalue weighted by molar-refractivity contribution is 7.89. The molecule has 1 amide bonds. The molecule has 0 spiro atoms. The molecule has 26 heavy (non-hydrogen) atoms. The van der Waals surface area contributed by atoms with Gasteiger partial charge in [0, 0.05) is 6.54 Å². The Morgan fingerprint density at radius 1 is 0.962 bits per heavy atom. The Labute approximate surface area is 155 Å². The lowest BCUT2D eigenvalue weighted by Gasteiger charge is -2.19. The van der Waals surface area contributed by atoms with Gasteiger partial charge in [-0.1, -0.05) is 62.4 Å². The number of sulfonamides is 1. The minimum atomic E-state index is -3.78. The van der Waals surface area contributed by atoms with Crippen LogP contribution in [0, 0.1) is 5.92 Å². The molecule has 0 radical (unpaired) electrons. The van der Waals surface area contributed by atoms with Gasteiger partial charge in [-0.2, -0.15) is 4.72 Å². The second-order valence-corrected chi connectivity index (χ2v) is 8.36. The quantitative estimate of drug-likeness (QED) is 0.709. The minimum Gasteiger partial charge on any atom is -0.355 e. The number of benzene rings is 2. The Balaban J connectivity index is 2.15. The summed E-state index contributed by atoms with van der Waals surface area (Å²) < 4.78 is 27.8. The van der Waals surface area contributed by atoms with Crippen molar-refractivity contribution in [2.75, 3.05) is 6.54 Å². The van der Waals surface area contributed by atoms with Crippen LogP contribution in [-0.2, 0) is 21.2 Å². The first-order chi connectivity index (χ1) is 12.4. The highest BCUT2D eigenvalue weighted by atomic mass is 32.2. The third-order valence-corrected chi connectivity index (χ3v) is 5.46. The first-order valence-corrected chi connectivity index (χ1v) is 10.3. The summed E-state index contributed by atoms with van der Waals surface area (Å²) in [7, 11) is -3.78. The van der Waals surface area contributed by atoms with E-state index >= 15 is 0 Å². The van der Waals surface area contributed by atoms with Gasteiger partial charge in [-0.25, -0.2) is 8.42 Å². The van der Waals surface area contributed by atoms with Crippen molar-refractivity contribution in [1.82, 2.24) is 10.0 Å². The zero-order chi connectivity index (χ0) is 19.0. The second-order valence-electron chi connectivity index (χ2n) is 6.65. The van der Waals surface area contributed by atoms with E-state index in [1.54, 1.807) is 18.2 Å². The Kier molecular flexibility index (Phi) is 7.36. The second kappa shape index (κ2) is 9.50. The Morgan fingerprint density at radius 3 is 2.12 bits per heavy atom. The lowest BCUT2D eigenvalue weighted by molar-refractivity contribution is -0.122. The van der Waals surface area contributed by atoms with E-state index < -0.39 is 16.1 Å². The highest BCUT2D eigenvalue weighted by Crippen LogP contribution is 2.11. The molecule has 0 saturated heterocycles. The van der Waals surface area contributed by atoms with E-state index in [4.69, 9.17) is 0 Å². The van der Waals surface area contributed by atoms with E-state index in [0.29, 0.717) is 18.9 Å². The molecule has 0 saturated carbocycles. The maximum Gasteiger partial charge on any atom is 0.241 e. The van der Waals surface area contributed by atoms with Crippen molar-refractivity contribution in [1.29, 1.82) is 0 Å². The molecular weight excluding hydrogens is 348 g/mol. The van der Waals surface area contributed by atoms with E-state index in [0.717, 1.165) is 12.0 Å². The summed E-state index contributed by atoms with van der Waals surface area (Å²) in [6.45, 7) is 4.67. The van der Waals surface area contributed by atoms with Gasteiger partial charge in [0.15, 0.2) is 0 Å². The number of rotatable bonds is 9. The topological polar surface area (TPSA) is 75.3 Å². The van der Waals surface area contributed by atoms with Gasteiger partial charge in [-0.05, 0) is 36.5 Å². The largest absolute Gasteiger partial charge is 0.355 e. The van der Waals surface area contributed by atoms with Gasteiger partial charge < -0.3 is 5.32 Å². The van der Waals surface area contributed by atoms with Crippen molar-refractivity contribution in [3.63, 3.8) is 0 Å². The number of hydrogen-bond acceptors (Lipinski definition) is 3. The molecule has 5 nitrogen and oxygen atoms in total. The molecule has 0 aliphatic carbocycles. The lowest BCUT2D eigenvalue weighted by Crippen LogP contribution is -2.48. The number of amides is 1. The Bertz CT molecular complexity index is 790. The fourth-order valence-electron chi connectivity index (χ4n) is 2.50. The minimum absolute atomic E-state index is 0.146. The molecular formula is C20H26N2O3S. The van der Waals surface area contributed by atoms with Crippen LogP contribution >= 0.6 is 0 Å². The summed E-state index contributed by atoms with van der Waals surface area (Å²) in [5, 5.41) is 2.84. The van der Waals surface area contributed by atoms with Crippen molar-refractivity contribution in [2.24, 2.45) is 5.92 Å². The summed E-state index contributed by atoms with van der Waals surface area (Å²) in [4.78, 5) is 12.7. The van der Waals surface area contributed by atoms with Gasteiger partial charge in [0.25, 0.3) is 0 Å². The molecule has 2 N–H and O–H groups in total. The van der Waals surface area contributed by atoms with Crippen molar-refractivity contribution in [3.8, 4) is 0 Å². The number of carbonyl (C=O) groups excluding carboxylic acids is 1. The van der Waals surface area contributed by atoms with Gasteiger partial charge in [0.05, 0.1) is 4.90 Å². The molecule has 140 valence electrons. The van der Waals surface area contributed by atoms with Gasteiger partial charge in [-0.15, -0.1) is 0 Å². The highest BCUT2D eigenvalue weighted by Gasteiger charge is 2.25. The van der Waals surface area contributed by atoms with E-state index in [1.807, 2.05) is 30.3 Å². The summed E-state index contributed by atoms with van der Waals surface area (Å²) in [5.74, 6) is 0.151. The van der Waals surface area contributed by atoms with Crippen LogP contribution < -0.4 is 10.0 Å². The fraction of sp³-hybridized carbons (Fsp3) is 0.350. The summed E-state index contributed by atoms with van der Waals surface area (Å²) in [6, 6.07) is 16.6. The standard InChI is InChI=1S/C20H26N2O3S/c1-16(2)13-14-21-20(23)19(15-17-9-5-3-6-10-17)22-26(24,25)18-11-7-4-8-12-18/h3-12,16,19,22H,13-15H2,1-2H3,(H,21,23)/t19-/m0/s1. The molecule has 6 heteroatoms. The molecule has 0 aliphatic rings. The number of hydrogen-bond donors (Lipinski definition) is 2. The fourth-order valence-corrected chi connectivity index (χ4v) is 3.72. The first kappa shape index (κ1) is 20.1. The molecule has 2 aromatic carbocycles. The van der Waals surface area contributed by atoms with Crippen LogP contribution in [0.1, 0.15) is 25.8 Å². The van der Waals surface area contributed by atoms with Crippen LogP contribution in [0.4, 0.5) is 0 Å². The molecule has 0 unspecified atom stereocenters. The van der Waals surface area contributed by atoms with E-state index in [-0.39, 0.29) is 10.8 Å². The zero-order valence-corrected chi connectivity index (χ0v) is 16.0. The summed E-state index contributed by atoms with van der Waals surface area (Å²) in [5.41, 5.74) is 0.896.